The van der Waals surface area contributed by atoms with Crippen LogP contribution in [0.5, 0.6) is 5.75 Å². The van der Waals surface area contributed by atoms with E-state index < -0.39 is 5.54 Å². The van der Waals surface area contributed by atoms with E-state index in [1.807, 2.05) is 45.9 Å². The van der Waals surface area contributed by atoms with E-state index in [1.165, 1.54) is 0 Å². The molecule has 0 bridgehead atoms. The summed E-state index contributed by atoms with van der Waals surface area (Å²) in [6, 6.07) is 6.91. The third-order valence-electron chi connectivity index (χ3n) is 3.10. The van der Waals surface area contributed by atoms with Crippen molar-refractivity contribution < 1.29 is 14.6 Å². The van der Waals surface area contributed by atoms with Gasteiger partial charge in [-0.3, -0.25) is 0 Å². The monoisotopic (exact) mass is 294 g/mol. The number of benzene rings is 1. The highest BCUT2D eigenvalue weighted by molar-refractivity contribution is 5.91. The Bertz CT molecular complexity index is 477. The number of anilines is 1. The number of rotatable bonds is 5. The lowest BCUT2D eigenvalue weighted by Gasteiger charge is -2.28. The number of ether oxygens (including phenoxy) is 1. The van der Waals surface area contributed by atoms with Crippen LogP contribution in [0.3, 0.4) is 0 Å². The number of urea groups is 1. The largest absolute Gasteiger partial charge is 0.486 e. The first-order chi connectivity index (χ1) is 9.69. The Labute approximate surface area is 126 Å². The zero-order valence-corrected chi connectivity index (χ0v) is 13.5. The number of aliphatic hydroxyl groups excluding tert-OH is 1. The average Bonchev–Trinajstić information content (AvgIpc) is 2.39. The summed E-state index contributed by atoms with van der Waals surface area (Å²) >= 11 is 0. The van der Waals surface area contributed by atoms with Crippen molar-refractivity contribution in [3.63, 3.8) is 0 Å². The molecular formula is C16H26N2O3. The third kappa shape index (κ3) is 5.63. The van der Waals surface area contributed by atoms with Crippen molar-refractivity contribution in [1.82, 2.24) is 5.32 Å². The lowest BCUT2D eigenvalue weighted by Crippen LogP contribution is -2.50. The standard InChI is InChI=1S/C16H26N2O3/c1-6-16(5,11-19)18-14(20)17-12-9-7-8-10-13(12)21-15(2,3)4/h7-10,19H,6,11H2,1-5H3,(H2,17,18,20). The third-order valence-corrected chi connectivity index (χ3v) is 3.10. The predicted octanol–water partition coefficient (Wildman–Crippen LogP) is 3.15. The van der Waals surface area contributed by atoms with Crippen LogP contribution in [0, 0.1) is 0 Å². The number of para-hydroxylation sites is 2. The molecule has 0 fully saturated rings. The second-order valence-corrected chi connectivity index (χ2v) is 6.36. The van der Waals surface area contributed by atoms with Crippen LogP contribution < -0.4 is 15.4 Å². The quantitative estimate of drug-likeness (QED) is 0.781. The van der Waals surface area contributed by atoms with E-state index in [2.05, 4.69) is 10.6 Å². The number of carbonyl (C=O) groups excluding carboxylic acids is 1. The van der Waals surface area contributed by atoms with Gasteiger partial charge in [0.05, 0.1) is 17.8 Å². The van der Waals surface area contributed by atoms with Crippen molar-refractivity contribution in [2.24, 2.45) is 0 Å². The van der Waals surface area contributed by atoms with Gasteiger partial charge < -0.3 is 20.5 Å². The van der Waals surface area contributed by atoms with E-state index in [1.54, 1.807) is 13.0 Å². The van der Waals surface area contributed by atoms with Crippen LogP contribution >= 0.6 is 0 Å². The van der Waals surface area contributed by atoms with Crippen LogP contribution in [0.2, 0.25) is 0 Å². The van der Waals surface area contributed by atoms with E-state index >= 15 is 0 Å². The fourth-order valence-electron chi connectivity index (χ4n) is 1.66. The van der Waals surface area contributed by atoms with Gasteiger partial charge in [0.15, 0.2) is 0 Å². The average molecular weight is 294 g/mol. The number of carbonyl (C=O) groups is 1. The molecule has 5 heteroatoms. The molecular weight excluding hydrogens is 268 g/mol. The highest BCUT2D eigenvalue weighted by Gasteiger charge is 2.24. The first-order valence-corrected chi connectivity index (χ1v) is 7.17. The minimum Gasteiger partial charge on any atom is -0.486 e. The van der Waals surface area contributed by atoms with Gasteiger partial charge in [-0.15, -0.1) is 0 Å². The van der Waals surface area contributed by atoms with Crippen molar-refractivity contribution >= 4 is 11.7 Å². The van der Waals surface area contributed by atoms with Crippen LogP contribution in [-0.4, -0.2) is 28.9 Å². The molecule has 0 saturated heterocycles. The molecule has 1 atom stereocenters. The van der Waals surface area contributed by atoms with Crippen molar-refractivity contribution in [2.45, 2.75) is 52.2 Å². The van der Waals surface area contributed by atoms with Gasteiger partial charge in [0, 0.05) is 0 Å². The van der Waals surface area contributed by atoms with E-state index in [0.29, 0.717) is 17.9 Å². The van der Waals surface area contributed by atoms with Gasteiger partial charge in [-0.1, -0.05) is 19.1 Å². The molecule has 118 valence electrons. The maximum atomic E-state index is 12.1. The molecule has 0 aliphatic rings. The van der Waals surface area contributed by atoms with Gasteiger partial charge in [0.1, 0.15) is 11.4 Å². The molecule has 0 radical (unpaired) electrons. The Morgan fingerprint density at radius 1 is 1.24 bits per heavy atom. The van der Waals surface area contributed by atoms with Gasteiger partial charge in [-0.25, -0.2) is 4.79 Å². The van der Waals surface area contributed by atoms with E-state index in [9.17, 15) is 9.90 Å². The molecule has 1 rings (SSSR count). The molecule has 0 saturated carbocycles. The SMILES string of the molecule is CCC(C)(CO)NC(=O)Nc1ccccc1OC(C)(C)C. The summed E-state index contributed by atoms with van der Waals surface area (Å²) in [7, 11) is 0. The molecule has 1 unspecified atom stereocenters. The second-order valence-electron chi connectivity index (χ2n) is 6.36. The van der Waals surface area contributed by atoms with E-state index in [-0.39, 0.29) is 18.2 Å². The molecule has 3 N–H and O–H groups in total. The summed E-state index contributed by atoms with van der Waals surface area (Å²) in [6.45, 7) is 9.44. The van der Waals surface area contributed by atoms with Gasteiger partial charge in [0.2, 0.25) is 0 Å². The number of hydrogen-bond acceptors (Lipinski definition) is 3. The Morgan fingerprint density at radius 3 is 2.38 bits per heavy atom. The molecule has 5 nitrogen and oxygen atoms in total. The van der Waals surface area contributed by atoms with Crippen LogP contribution in [0.1, 0.15) is 41.0 Å². The molecule has 1 aromatic carbocycles. The topological polar surface area (TPSA) is 70.6 Å². The molecule has 21 heavy (non-hydrogen) atoms. The normalized spacial score (nSPS) is 14.2. The van der Waals surface area contributed by atoms with Crippen LogP contribution in [0.4, 0.5) is 10.5 Å². The van der Waals surface area contributed by atoms with Gasteiger partial charge in [0.25, 0.3) is 0 Å². The maximum Gasteiger partial charge on any atom is 0.319 e. The highest BCUT2D eigenvalue weighted by Crippen LogP contribution is 2.27. The van der Waals surface area contributed by atoms with Crippen molar-refractivity contribution in [2.75, 3.05) is 11.9 Å². The fourth-order valence-corrected chi connectivity index (χ4v) is 1.66. The minimum atomic E-state index is -0.635. The summed E-state index contributed by atoms with van der Waals surface area (Å²) in [5, 5.41) is 14.9. The Kier molecular flexibility index (Phi) is 5.61. The molecule has 1 aromatic rings. The second kappa shape index (κ2) is 6.80. The highest BCUT2D eigenvalue weighted by atomic mass is 16.5. The zero-order chi connectivity index (χ0) is 16.1. The smallest absolute Gasteiger partial charge is 0.319 e. The summed E-state index contributed by atoms with van der Waals surface area (Å²) in [6.07, 6.45) is 0.636. The van der Waals surface area contributed by atoms with Gasteiger partial charge >= 0.3 is 6.03 Å². The van der Waals surface area contributed by atoms with Gasteiger partial charge in [-0.2, -0.15) is 0 Å². The Morgan fingerprint density at radius 2 is 1.86 bits per heavy atom. The maximum absolute atomic E-state index is 12.1. The molecule has 0 heterocycles. The molecule has 2 amide bonds. The molecule has 0 aromatic heterocycles. The van der Waals surface area contributed by atoms with Crippen LogP contribution in [0.15, 0.2) is 24.3 Å². The summed E-state index contributed by atoms with van der Waals surface area (Å²) in [5.74, 6) is 0.613. The predicted molar refractivity (Wildman–Crippen MR) is 84.8 cm³/mol. The summed E-state index contributed by atoms with van der Waals surface area (Å²) in [5.41, 5.74) is -0.386. The number of aliphatic hydroxyl groups is 1. The molecule has 0 aliphatic carbocycles. The van der Waals surface area contributed by atoms with Crippen molar-refractivity contribution in [1.29, 1.82) is 0 Å². The first-order valence-electron chi connectivity index (χ1n) is 7.17. The number of amides is 2. The van der Waals surface area contributed by atoms with Crippen molar-refractivity contribution in [3.8, 4) is 5.75 Å². The number of hydrogen-bond donors (Lipinski definition) is 3. The Balaban J connectivity index is 2.81. The minimum absolute atomic E-state index is 0.114. The molecule has 0 aliphatic heterocycles. The van der Waals surface area contributed by atoms with E-state index in [4.69, 9.17) is 4.74 Å². The Hall–Kier alpha value is -1.75. The van der Waals surface area contributed by atoms with Gasteiger partial charge in [-0.05, 0) is 46.2 Å². The van der Waals surface area contributed by atoms with Crippen LogP contribution in [0.25, 0.3) is 0 Å². The summed E-state index contributed by atoms with van der Waals surface area (Å²) in [4.78, 5) is 12.1. The lowest BCUT2D eigenvalue weighted by atomic mass is 10.0. The first kappa shape index (κ1) is 17.3. The fraction of sp³-hybridized carbons (Fsp3) is 0.562. The van der Waals surface area contributed by atoms with Crippen LogP contribution in [-0.2, 0) is 0 Å². The molecule has 0 spiro atoms. The zero-order valence-electron chi connectivity index (χ0n) is 13.5. The van der Waals surface area contributed by atoms with E-state index in [0.717, 1.165) is 0 Å². The lowest BCUT2D eigenvalue weighted by molar-refractivity contribution is 0.132. The summed E-state index contributed by atoms with van der Waals surface area (Å²) < 4.78 is 5.82. The number of nitrogens with one attached hydrogen (secondary N) is 2. The van der Waals surface area contributed by atoms with Crippen molar-refractivity contribution in [3.05, 3.63) is 24.3 Å².